The van der Waals surface area contributed by atoms with Crippen molar-refractivity contribution in [2.24, 2.45) is 5.92 Å². The number of amides is 2. The average molecular weight is 409 g/mol. The molecule has 5 heteroatoms. The van der Waals surface area contributed by atoms with Gasteiger partial charge in [0.25, 0.3) is 0 Å². The maximum atomic E-state index is 13.2. The van der Waals surface area contributed by atoms with Gasteiger partial charge in [-0.2, -0.15) is 11.8 Å². The zero-order valence-electron chi connectivity index (χ0n) is 16.7. The lowest BCUT2D eigenvalue weighted by Crippen LogP contribution is -2.50. The van der Waals surface area contributed by atoms with Crippen LogP contribution in [0.1, 0.15) is 23.5 Å². The first-order valence-corrected chi connectivity index (χ1v) is 11.6. The van der Waals surface area contributed by atoms with Gasteiger partial charge in [-0.1, -0.05) is 60.7 Å². The molecule has 2 atom stereocenters. The molecule has 2 heterocycles. The molecule has 29 heavy (non-hydrogen) atoms. The van der Waals surface area contributed by atoms with E-state index in [2.05, 4.69) is 12.1 Å². The van der Waals surface area contributed by atoms with Gasteiger partial charge in [0.2, 0.25) is 11.8 Å². The second-order valence-electron chi connectivity index (χ2n) is 7.94. The quantitative estimate of drug-likeness (QED) is 0.778. The predicted molar refractivity (Wildman–Crippen MR) is 118 cm³/mol. The van der Waals surface area contributed by atoms with Crippen molar-refractivity contribution < 1.29 is 9.59 Å². The van der Waals surface area contributed by atoms with Crippen molar-refractivity contribution in [2.75, 3.05) is 37.7 Å². The van der Waals surface area contributed by atoms with Crippen LogP contribution in [0.4, 0.5) is 0 Å². The van der Waals surface area contributed by atoms with Crippen LogP contribution >= 0.6 is 11.8 Å². The first-order valence-electron chi connectivity index (χ1n) is 10.4. The Hall–Kier alpha value is -2.27. The van der Waals surface area contributed by atoms with Crippen molar-refractivity contribution >= 4 is 23.6 Å². The third-order valence-corrected chi connectivity index (χ3v) is 6.89. The van der Waals surface area contributed by atoms with Crippen molar-refractivity contribution in [2.45, 2.75) is 18.8 Å². The van der Waals surface area contributed by atoms with Crippen molar-refractivity contribution in [1.82, 2.24) is 9.80 Å². The van der Waals surface area contributed by atoms with Crippen molar-refractivity contribution in [3.05, 3.63) is 71.8 Å². The van der Waals surface area contributed by atoms with Crippen LogP contribution in [-0.2, 0) is 16.0 Å². The Labute approximate surface area is 177 Å². The molecule has 2 amide bonds. The van der Waals surface area contributed by atoms with E-state index in [1.165, 1.54) is 5.56 Å². The van der Waals surface area contributed by atoms with Gasteiger partial charge in [0.1, 0.15) is 0 Å². The van der Waals surface area contributed by atoms with Gasteiger partial charge in [-0.05, 0) is 17.5 Å². The van der Waals surface area contributed by atoms with Gasteiger partial charge in [-0.3, -0.25) is 9.59 Å². The van der Waals surface area contributed by atoms with E-state index >= 15 is 0 Å². The lowest BCUT2D eigenvalue weighted by molar-refractivity contribution is -0.141. The SMILES string of the molecule is O=C(Cc1ccccc1)N1CC(C(=O)N2CCSCC2)CC(c2ccccc2)C1. The Morgan fingerprint density at radius 1 is 0.862 bits per heavy atom. The van der Waals surface area contributed by atoms with Crippen LogP contribution in [0.3, 0.4) is 0 Å². The highest BCUT2D eigenvalue weighted by Crippen LogP contribution is 2.32. The molecule has 0 bridgehead atoms. The summed E-state index contributed by atoms with van der Waals surface area (Å²) >= 11 is 1.91. The summed E-state index contributed by atoms with van der Waals surface area (Å²) in [4.78, 5) is 30.3. The van der Waals surface area contributed by atoms with Gasteiger partial charge in [0.05, 0.1) is 12.3 Å². The molecule has 2 fully saturated rings. The highest BCUT2D eigenvalue weighted by Gasteiger charge is 2.36. The molecule has 2 unspecified atom stereocenters. The van der Waals surface area contributed by atoms with Crippen LogP contribution in [-0.4, -0.2) is 59.3 Å². The molecule has 4 nitrogen and oxygen atoms in total. The molecule has 0 radical (unpaired) electrons. The summed E-state index contributed by atoms with van der Waals surface area (Å²) in [5.41, 5.74) is 2.24. The smallest absolute Gasteiger partial charge is 0.227 e. The molecule has 0 aliphatic carbocycles. The minimum atomic E-state index is -0.114. The third kappa shape index (κ3) is 5.02. The number of piperidine rings is 1. The largest absolute Gasteiger partial charge is 0.341 e. The van der Waals surface area contributed by atoms with Crippen LogP contribution < -0.4 is 0 Å². The lowest BCUT2D eigenvalue weighted by atomic mass is 9.83. The molecule has 4 rings (SSSR count). The molecule has 2 aliphatic heterocycles. The van der Waals surface area contributed by atoms with Crippen LogP contribution in [0.15, 0.2) is 60.7 Å². The number of thioether (sulfide) groups is 1. The van der Waals surface area contributed by atoms with Crippen LogP contribution in [0.2, 0.25) is 0 Å². The fourth-order valence-electron chi connectivity index (χ4n) is 4.37. The van der Waals surface area contributed by atoms with E-state index in [1.54, 1.807) is 0 Å². The van der Waals surface area contributed by atoms with Crippen LogP contribution in [0.5, 0.6) is 0 Å². The van der Waals surface area contributed by atoms with Gasteiger partial charge in [0.15, 0.2) is 0 Å². The fourth-order valence-corrected chi connectivity index (χ4v) is 5.28. The molecule has 0 N–H and O–H groups in total. The number of carbonyl (C=O) groups excluding carboxylic acids is 2. The van der Waals surface area contributed by atoms with E-state index in [-0.39, 0.29) is 23.7 Å². The maximum Gasteiger partial charge on any atom is 0.227 e. The third-order valence-electron chi connectivity index (χ3n) is 5.94. The highest BCUT2D eigenvalue weighted by molar-refractivity contribution is 7.99. The number of nitrogens with zero attached hydrogens (tertiary/aromatic N) is 2. The van der Waals surface area contributed by atoms with Crippen molar-refractivity contribution in [3.63, 3.8) is 0 Å². The van der Waals surface area contributed by atoms with Gasteiger partial charge in [-0.15, -0.1) is 0 Å². The summed E-state index contributed by atoms with van der Waals surface area (Å²) in [7, 11) is 0. The molecule has 152 valence electrons. The molecule has 2 aromatic rings. The second-order valence-corrected chi connectivity index (χ2v) is 9.16. The molecular formula is C24H28N2O2S. The number of carbonyl (C=O) groups is 2. The normalized spacial score (nSPS) is 22.3. The standard InChI is InChI=1S/C24H28N2O2S/c27-23(15-19-7-3-1-4-8-19)26-17-21(20-9-5-2-6-10-20)16-22(18-26)24(28)25-11-13-29-14-12-25/h1-10,21-22H,11-18H2. The Morgan fingerprint density at radius 2 is 1.52 bits per heavy atom. The summed E-state index contributed by atoms with van der Waals surface area (Å²) < 4.78 is 0. The molecule has 2 saturated heterocycles. The van der Waals surface area contributed by atoms with Crippen molar-refractivity contribution in [3.8, 4) is 0 Å². The number of hydrogen-bond acceptors (Lipinski definition) is 3. The molecule has 0 spiro atoms. The molecule has 0 saturated carbocycles. The van der Waals surface area contributed by atoms with Gasteiger partial charge in [-0.25, -0.2) is 0 Å². The van der Waals surface area contributed by atoms with E-state index in [4.69, 9.17) is 0 Å². The Kier molecular flexibility index (Phi) is 6.55. The zero-order chi connectivity index (χ0) is 20.1. The predicted octanol–water partition coefficient (Wildman–Crippen LogP) is 3.44. The Balaban J connectivity index is 1.52. The van der Waals surface area contributed by atoms with Gasteiger partial charge in [0, 0.05) is 43.6 Å². The van der Waals surface area contributed by atoms with Crippen molar-refractivity contribution in [1.29, 1.82) is 0 Å². The summed E-state index contributed by atoms with van der Waals surface area (Å²) in [6.45, 7) is 2.88. The van der Waals surface area contributed by atoms with Crippen LogP contribution in [0.25, 0.3) is 0 Å². The molecule has 0 aromatic heterocycles. The fraction of sp³-hybridized carbons (Fsp3) is 0.417. The van der Waals surface area contributed by atoms with Crippen LogP contribution in [0, 0.1) is 5.92 Å². The monoisotopic (exact) mass is 408 g/mol. The summed E-state index contributed by atoms with van der Waals surface area (Å²) in [5, 5.41) is 0. The average Bonchev–Trinajstić information content (AvgIpc) is 2.80. The minimum Gasteiger partial charge on any atom is -0.341 e. The maximum absolute atomic E-state index is 13.2. The van der Waals surface area contributed by atoms with Gasteiger partial charge < -0.3 is 9.80 Å². The summed E-state index contributed by atoms with van der Waals surface area (Å²) in [5.74, 6) is 2.45. The van der Waals surface area contributed by atoms with E-state index in [0.717, 1.165) is 36.6 Å². The zero-order valence-corrected chi connectivity index (χ0v) is 17.5. The highest BCUT2D eigenvalue weighted by atomic mass is 32.2. The lowest BCUT2D eigenvalue weighted by Gasteiger charge is -2.40. The van der Waals surface area contributed by atoms with E-state index in [1.807, 2.05) is 70.1 Å². The second kappa shape index (κ2) is 9.49. The summed E-state index contributed by atoms with van der Waals surface area (Å²) in [6, 6.07) is 20.2. The minimum absolute atomic E-state index is 0.114. The number of rotatable bonds is 4. The van der Waals surface area contributed by atoms with E-state index in [0.29, 0.717) is 19.5 Å². The Morgan fingerprint density at radius 3 is 2.21 bits per heavy atom. The van der Waals surface area contributed by atoms with E-state index < -0.39 is 0 Å². The topological polar surface area (TPSA) is 40.6 Å². The van der Waals surface area contributed by atoms with Gasteiger partial charge >= 0.3 is 0 Å². The first kappa shape index (κ1) is 20.0. The Bertz CT molecular complexity index is 821. The van der Waals surface area contributed by atoms with E-state index in [9.17, 15) is 9.59 Å². The number of likely N-dealkylation sites (tertiary alicyclic amines) is 1. The molecule has 2 aromatic carbocycles. The number of benzene rings is 2. The molecule has 2 aliphatic rings. The number of hydrogen-bond donors (Lipinski definition) is 0. The first-order chi connectivity index (χ1) is 14.2. The molecular weight excluding hydrogens is 380 g/mol. The summed E-state index contributed by atoms with van der Waals surface area (Å²) in [6.07, 6.45) is 1.21.